The van der Waals surface area contributed by atoms with Crippen molar-refractivity contribution in [3.05, 3.63) is 46.9 Å². The maximum atomic E-state index is 5.80. The number of hydrogen-bond donors (Lipinski definition) is 1. The van der Waals surface area contributed by atoms with Crippen LogP contribution < -0.4 is 10.1 Å². The van der Waals surface area contributed by atoms with E-state index < -0.39 is 0 Å². The first-order chi connectivity index (χ1) is 9.31. The van der Waals surface area contributed by atoms with Crippen molar-refractivity contribution in [2.75, 3.05) is 18.5 Å². The lowest BCUT2D eigenvalue weighted by Gasteiger charge is -2.07. The van der Waals surface area contributed by atoms with E-state index in [-0.39, 0.29) is 0 Å². The maximum absolute atomic E-state index is 5.80. The fourth-order valence-electron chi connectivity index (χ4n) is 2.13. The first-order valence-corrected chi connectivity index (χ1v) is 6.65. The minimum absolute atomic E-state index is 0.448. The molecule has 0 bridgehead atoms. The third-order valence-electron chi connectivity index (χ3n) is 3.11. The van der Waals surface area contributed by atoms with Crippen molar-refractivity contribution in [1.82, 2.24) is 9.97 Å². The molecule has 1 N–H and O–H groups in total. The van der Waals surface area contributed by atoms with Crippen molar-refractivity contribution in [3.63, 3.8) is 0 Å². The minimum atomic E-state index is 0.448. The van der Waals surface area contributed by atoms with Crippen LogP contribution in [0.1, 0.15) is 11.1 Å². The van der Waals surface area contributed by atoms with Gasteiger partial charge in [0, 0.05) is 19.0 Å². The quantitative estimate of drug-likeness (QED) is 0.872. The van der Waals surface area contributed by atoms with E-state index in [4.69, 9.17) is 16.3 Å². The van der Waals surface area contributed by atoms with Crippen molar-refractivity contribution in [2.24, 2.45) is 0 Å². The molecular weight excluding hydrogens is 262 g/mol. The Bertz CT molecular complexity index is 589. The Labute approximate surface area is 116 Å². The van der Waals surface area contributed by atoms with Gasteiger partial charge >= 0.3 is 0 Å². The predicted octanol–water partition coefficient (Wildman–Crippen LogP) is 2.72. The summed E-state index contributed by atoms with van der Waals surface area (Å²) in [6, 6.07) is 8.14. The molecule has 0 aliphatic carbocycles. The molecule has 0 saturated heterocycles. The van der Waals surface area contributed by atoms with Crippen molar-refractivity contribution in [2.45, 2.75) is 12.8 Å². The second-order valence-electron chi connectivity index (χ2n) is 4.44. The van der Waals surface area contributed by atoms with Gasteiger partial charge in [-0.15, -0.1) is 0 Å². The summed E-state index contributed by atoms with van der Waals surface area (Å²) in [6.07, 6.45) is 3.39. The maximum Gasteiger partial charge on any atom is 0.134 e. The van der Waals surface area contributed by atoms with Gasteiger partial charge in [-0.2, -0.15) is 0 Å². The van der Waals surface area contributed by atoms with Gasteiger partial charge in [0.2, 0.25) is 0 Å². The summed E-state index contributed by atoms with van der Waals surface area (Å²) in [7, 11) is 0. The Hall–Kier alpha value is -1.81. The van der Waals surface area contributed by atoms with E-state index in [0.717, 1.165) is 37.6 Å². The lowest BCUT2D eigenvalue weighted by Crippen LogP contribution is -2.06. The zero-order valence-electron chi connectivity index (χ0n) is 10.4. The van der Waals surface area contributed by atoms with Gasteiger partial charge in [0.05, 0.1) is 6.61 Å². The summed E-state index contributed by atoms with van der Waals surface area (Å²) < 4.78 is 5.56. The van der Waals surface area contributed by atoms with Gasteiger partial charge in [0.15, 0.2) is 0 Å². The van der Waals surface area contributed by atoms with Gasteiger partial charge < -0.3 is 10.1 Å². The molecule has 3 rings (SSSR count). The highest BCUT2D eigenvalue weighted by molar-refractivity contribution is 6.29. The van der Waals surface area contributed by atoms with E-state index in [1.807, 2.05) is 0 Å². The molecule has 1 aliphatic heterocycles. The van der Waals surface area contributed by atoms with Crippen LogP contribution in [0.15, 0.2) is 30.6 Å². The lowest BCUT2D eigenvalue weighted by atomic mass is 10.1. The first-order valence-electron chi connectivity index (χ1n) is 6.27. The first kappa shape index (κ1) is 12.2. The molecule has 0 amide bonds. The van der Waals surface area contributed by atoms with Crippen molar-refractivity contribution in [1.29, 1.82) is 0 Å². The number of anilines is 1. The van der Waals surface area contributed by atoms with E-state index in [2.05, 4.69) is 33.5 Å². The molecule has 98 valence electrons. The zero-order valence-corrected chi connectivity index (χ0v) is 11.2. The Morgan fingerprint density at radius 2 is 2.21 bits per heavy atom. The van der Waals surface area contributed by atoms with Crippen LogP contribution in [-0.4, -0.2) is 23.1 Å². The van der Waals surface area contributed by atoms with E-state index >= 15 is 0 Å². The monoisotopic (exact) mass is 275 g/mol. The molecule has 1 aromatic carbocycles. The molecule has 2 aromatic rings. The molecule has 19 heavy (non-hydrogen) atoms. The SMILES string of the molecule is Clc1cc(NCCc2ccc3c(c2)OCC3)ncn1. The molecule has 0 saturated carbocycles. The van der Waals surface area contributed by atoms with Crippen LogP contribution in [0.4, 0.5) is 5.82 Å². The second-order valence-corrected chi connectivity index (χ2v) is 4.83. The van der Waals surface area contributed by atoms with Crippen LogP contribution in [0.25, 0.3) is 0 Å². The highest BCUT2D eigenvalue weighted by atomic mass is 35.5. The third kappa shape index (κ3) is 2.96. The smallest absolute Gasteiger partial charge is 0.134 e. The summed E-state index contributed by atoms with van der Waals surface area (Å²) >= 11 is 5.80. The summed E-state index contributed by atoms with van der Waals surface area (Å²) in [5.74, 6) is 1.78. The summed E-state index contributed by atoms with van der Waals surface area (Å²) in [4.78, 5) is 7.94. The number of fused-ring (bicyclic) bond motifs is 1. The number of nitrogens with zero attached hydrogens (tertiary/aromatic N) is 2. The Balaban J connectivity index is 1.58. The van der Waals surface area contributed by atoms with Crippen LogP contribution in [-0.2, 0) is 12.8 Å². The number of hydrogen-bond acceptors (Lipinski definition) is 4. The summed E-state index contributed by atoms with van der Waals surface area (Å²) in [5.41, 5.74) is 2.56. The van der Waals surface area contributed by atoms with Gasteiger partial charge in [-0.1, -0.05) is 23.7 Å². The molecule has 0 radical (unpaired) electrons. The molecular formula is C14H14ClN3O. The highest BCUT2D eigenvalue weighted by Gasteiger charge is 2.11. The standard InChI is InChI=1S/C14H14ClN3O/c15-13-8-14(18-9-17-13)16-5-3-10-1-2-11-4-6-19-12(11)7-10/h1-2,7-9H,3-6H2,(H,16,17,18). The molecule has 1 aliphatic rings. The molecule has 2 heterocycles. The predicted molar refractivity (Wildman–Crippen MR) is 74.9 cm³/mol. The number of halogens is 1. The summed E-state index contributed by atoms with van der Waals surface area (Å²) in [5, 5.41) is 3.67. The largest absolute Gasteiger partial charge is 0.493 e. The lowest BCUT2D eigenvalue weighted by molar-refractivity contribution is 0.356. The van der Waals surface area contributed by atoms with Crippen LogP contribution in [0.5, 0.6) is 5.75 Å². The molecule has 0 spiro atoms. The Morgan fingerprint density at radius 3 is 3.11 bits per heavy atom. The van der Waals surface area contributed by atoms with Crippen LogP contribution in [0.3, 0.4) is 0 Å². The average molecular weight is 276 g/mol. The average Bonchev–Trinajstić information content (AvgIpc) is 2.86. The fourth-order valence-corrected chi connectivity index (χ4v) is 2.28. The van der Waals surface area contributed by atoms with Gasteiger partial charge in [0.1, 0.15) is 23.0 Å². The number of aromatic nitrogens is 2. The van der Waals surface area contributed by atoms with Gasteiger partial charge in [0.25, 0.3) is 0 Å². The van der Waals surface area contributed by atoms with Gasteiger partial charge in [-0.05, 0) is 23.6 Å². The van der Waals surface area contributed by atoms with E-state index in [1.165, 1.54) is 17.5 Å². The minimum Gasteiger partial charge on any atom is -0.493 e. The number of rotatable bonds is 4. The second kappa shape index (κ2) is 5.45. The highest BCUT2D eigenvalue weighted by Crippen LogP contribution is 2.26. The summed E-state index contributed by atoms with van der Waals surface area (Å²) in [6.45, 7) is 1.60. The van der Waals surface area contributed by atoms with Crippen LogP contribution >= 0.6 is 11.6 Å². The van der Waals surface area contributed by atoms with Gasteiger partial charge in [-0.25, -0.2) is 9.97 Å². The van der Waals surface area contributed by atoms with E-state index in [9.17, 15) is 0 Å². The number of benzene rings is 1. The molecule has 0 unspecified atom stereocenters. The Morgan fingerprint density at radius 1 is 1.26 bits per heavy atom. The number of ether oxygens (including phenoxy) is 1. The number of nitrogens with one attached hydrogen (secondary N) is 1. The third-order valence-corrected chi connectivity index (χ3v) is 3.32. The van der Waals surface area contributed by atoms with Crippen LogP contribution in [0.2, 0.25) is 5.15 Å². The van der Waals surface area contributed by atoms with Crippen molar-refractivity contribution >= 4 is 17.4 Å². The molecule has 0 fully saturated rings. The normalized spacial score (nSPS) is 12.9. The molecule has 0 atom stereocenters. The van der Waals surface area contributed by atoms with Crippen LogP contribution in [0, 0.1) is 0 Å². The molecule has 1 aromatic heterocycles. The van der Waals surface area contributed by atoms with E-state index in [1.54, 1.807) is 6.07 Å². The Kier molecular flexibility index (Phi) is 3.51. The van der Waals surface area contributed by atoms with E-state index in [0.29, 0.717) is 5.15 Å². The molecule has 5 heteroatoms. The molecule has 4 nitrogen and oxygen atoms in total. The fraction of sp³-hybridized carbons (Fsp3) is 0.286. The van der Waals surface area contributed by atoms with Gasteiger partial charge in [-0.3, -0.25) is 0 Å². The van der Waals surface area contributed by atoms with Crippen molar-refractivity contribution < 1.29 is 4.74 Å². The van der Waals surface area contributed by atoms with Crippen molar-refractivity contribution in [3.8, 4) is 5.75 Å². The zero-order chi connectivity index (χ0) is 13.1. The topological polar surface area (TPSA) is 47.0 Å².